The van der Waals surface area contributed by atoms with Crippen molar-refractivity contribution in [3.8, 4) is 0 Å². The Morgan fingerprint density at radius 3 is 2.67 bits per heavy atom. The maximum atomic E-state index is 13.2. The van der Waals surface area contributed by atoms with Crippen LogP contribution in [0, 0.1) is 6.92 Å². The van der Waals surface area contributed by atoms with Crippen molar-refractivity contribution in [2.24, 2.45) is 0 Å². The van der Waals surface area contributed by atoms with E-state index < -0.39 is 0 Å². The minimum Gasteiger partial charge on any atom is -0.375 e. The molecule has 3 rings (SSSR count). The van der Waals surface area contributed by atoms with Gasteiger partial charge in [0.15, 0.2) is 0 Å². The SMILES string of the molecule is CCN(CC(=O)N1CCn2cccc2C1c1ccccc1C)C(=O)COC. The molecule has 0 bridgehead atoms. The van der Waals surface area contributed by atoms with Crippen LogP contribution in [0.5, 0.6) is 0 Å². The van der Waals surface area contributed by atoms with Gasteiger partial charge in [0.05, 0.1) is 12.6 Å². The summed E-state index contributed by atoms with van der Waals surface area (Å²) >= 11 is 0. The van der Waals surface area contributed by atoms with E-state index in [0.29, 0.717) is 13.1 Å². The van der Waals surface area contributed by atoms with Crippen molar-refractivity contribution in [1.29, 1.82) is 0 Å². The molecule has 2 aromatic rings. The number of nitrogens with zero attached hydrogens (tertiary/aromatic N) is 3. The highest BCUT2D eigenvalue weighted by Crippen LogP contribution is 2.34. The lowest BCUT2D eigenvalue weighted by Gasteiger charge is -2.39. The summed E-state index contributed by atoms with van der Waals surface area (Å²) in [6.45, 7) is 5.87. The van der Waals surface area contributed by atoms with Crippen molar-refractivity contribution in [2.75, 3.05) is 33.4 Å². The van der Waals surface area contributed by atoms with E-state index in [1.807, 2.05) is 30.0 Å². The molecule has 0 aliphatic carbocycles. The number of hydrogen-bond donors (Lipinski definition) is 0. The second-order valence-electron chi connectivity index (χ2n) is 6.81. The number of benzene rings is 1. The predicted molar refractivity (Wildman–Crippen MR) is 103 cm³/mol. The van der Waals surface area contributed by atoms with Crippen molar-refractivity contribution in [3.63, 3.8) is 0 Å². The standard InChI is InChI=1S/C21H27N3O3/c1-4-22(20(26)15-27-3)14-19(25)24-13-12-23-11-7-10-18(23)21(24)17-9-6-5-8-16(17)2/h5-11,21H,4,12-15H2,1-3H3. The van der Waals surface area contributed by atoms with Gasteiger partial charge < -0.3 is 19.1 Å². The highest BCUT2D eigenvalue weighted by molar-refractivity contribution is 5.86. The van der Waals surface area contributed by atoms with Crippen LogP contribution in [0.4, 0.5) is 0 Å². The first-order valence-corrected chi connectivity index (χ1v) is 9.33. The fourth-order valence-electron chi connectivity index (χ4n) is 3.72. The number of ether oxygens (including phenoxy) is 1. The van der Waals surface area contributed by atoms with Crippen molar-refractivity contribution in [2.45, 2.75) is 26.4 Å². The summed E-state index contributed by atoms with van der Waals surface area (Å²) in [5.41, 5.74) is 3.38. The fourth-order valence-corrected chi connectivity index (χ4v) is 3.72. The molecule has 27 heavy (non-hydrogen) atoms. The Hall–Kier alpha value is -2.60. The molecule has 1 unspecified atom stereocenters. The molecular formula is C21H27N3O3. The van der Waals surface area contributed by atoms with Crippen LogP contribution in [0.1, 0.15) is 29.8 Å². The first-order valence-electron chi connectivity index (χ1n) is 9.33. The van der Waals surface area contributed by atoms with Crippen molar-refractivity contribution in [3.05, 3.63) is 59.4 Å². The Morgan fingerprint density at radius 2 is 1.96 bits per heavy atom. The van der Waals surface area contributed by atoms with Gasteiger partial charge in [0.2, 0.25) is 11.8 Å². The number of fused-ring (bicyclic) bond motifs is 1. The van der Waals surface area contributed by atoms with Crippen LogP contribution in [-0.4, -0.2) is 59.5 Å². The maximum Gasteiger partial charge on any atom is 0.249 e. The monoisotopic (exact) mass is 369 g/mol. The number of carbonyl (C=O) groups excluding carboxylic acids is 2. The Kier molecular flexibility index (Phi) is 5.96. The molecule has 6 nitrogen and oxygen atoms in total. The third-order valence-corrected chi connectivity index (χ3v) is 5.17. The number of amides is 2. The number of aromatic nitrogens is 1. The largest absolute Gasteiger partial charge is 0.375 e. The van der Waals surface area contributed by atoms with E-state index in [2.05, 4.69) is 35.9 Å². The lowest BCUT2D eigenvalue weighted by molar-refractivity contribution is -0.143. The van der Waals surface area contributed by atoms with Gasteiger partial charge in [-0.25, -0.2) is 0 Å². The van der Waals surface area contributed by atoms with Crippen LogP contribution in [0.2, 0.25) is 0 Å². The molecule has 0 N–H and O–H groups in total. The molecule has 144 valence electrons. The summed E-state index contributed by atoms with van der Waals surface area (Å²) in [4.78, 5) is 28.8. The second-order valence-corrected chi connectivity index (χ2v) is 6.81. The first-order chi connectivity index (χ1) is 13.1. The molecule has 1 aliphatic rings. The summed E-state index contributed by atoms with van der Waals surface area (Å²) in [7, 11) is 1.49. The third-order valence-electron chi connectivity index (χ3n) is 5.17. The zero-order chi connectivity index (χ0) is 19.4. The Labute approximate surface area is 160 Å². The van der Waals surface area contributed by atoms with Crippen LogP contribution >= 0.6 is 0 Å². The van der Waals surface area contributed by atoms with E-state index in [0.717, 1.165) is 23.4 Å². The normalized spacial score (nSPS) is 16.1. The van der Waals surface area contributed by atoms with Crippen LogP contribution in [0.3, 0.4) is 0 Å². The average molecular weight is 369 g/mol. The molecular weight excluding hydrogens is 342 g/mol. The summed E-state index contributed by atoms with van der Waals surface area (Å²) < 4.78 is 7.14. The number of hydrogen-bond acceptors (Lipinski definition) is 3. The summed E-state index contributed by atoms with van der Waals surface area (Å²) in [6, 6.07) is 12.1. The van der Waals surface area contributed by atoms with Crippen LogP contribution < -0.4 is 0 Å². The fraction of sp³-hybridized carbons (Fsp3) is 0.429. The molecule has 1 aromatic heterocycles. The van der Waals surface area contributed by atoms with Crippen molar-refractivity contribution < 1.29 is 14.3 Å². The molecule has 6 heteroatoms. The van der Waals surface area contributed by atoms with Crippen LogP contribution in [0.25, 0.3) is 0 Å². The van der Waals surface area contributed by atoms with Gasteiger partial charge in [-0.3, -0.25) is 9.59 Å². The Morgan fingerprint density at radius 1 is 1.19 bits per heavy atom. The zero-order valence-corrected chi connectivity index (χ0v) is 16.2. The predicted octanol–water partition coefficient (Wildman–Crippen LogP) is 2.22. The summed E-state index contributed by atoms with van der Waals surface area (Å²) in [6.07, 6.45) is 2.06. The molecule has 0 radical (unpaired) electrons. The second kappa shape index (κ2) is 8.39. The van der Waals surface area contributed by atoms with E-state index in [-0.39, 0.29) is 31.0 Å². The first kappa shape index (κ1) is 19.2. The van der Waals surface area contributed by atoms with Gasteiger partial charge in [-0.15, -0.1) is 0 Å². The summed E-state index contributed by atoms with van der Waals surface area (Å²) in [5, 5.41) is 0. The molecule has 2 heterocycles. The topological polar surface area (TPSA) is 54.8 Å². The molecule has 0 saturated heterocycles. The number of methoxy groups -OCH3 is 1. The maximum absolute atomic E-state index is 13.2. The van der Waals surface area contributed by atoms with E-state index in [1.54, 1.807) is 4.90 Å². The molecule has 0 spiro atoms. The van der Waals surface area contributed by atoms with Gasteiger partial charge in [-0.05, 0) is 37.1 Å². The van der Waals surface area contributed by atoms with Gasteiger partial charge in [-0.2, -0.15) is 0 Å². The minimum absolute atomic E-state index is 0.00874. The van der Waals surface area contributed by atoms with Gasteiger partial charge in [0.25, 0.3) is 0 Å². The molecule has 2 amide bonds. The summed E-state index contributed by atoms with van der Waals surface area (Å²) in [5.74, 6) is -0.205. The number of rotatable bonds is 6. The minimum atomic E-state index is -0.166. The van der Waals surface area contributed by atoms with E-state index >= 15 is 0 Å². The van der Waals surface area contributed by atoms with E-state index in [1.165, 1.54) is 7.11 Å². The van der Waals surface area contributed by atoms with Crippen LogP contribution in [0.15, 0.2) is 42.6 Å². The van der Waals surface area contributed by atoms with E-state index in [9.17, 15) is 9.59 Å². The molecule has 1 aliphatic heterocycles. The van der Waals surface area contributed by atoms with Gasteiger partial charge in [0, 0.05) is 38.6 Å². The Bertz CT molecular complexity index is 815. The van der Waals surface area contributed by atoms with E-state index in [4.69, 9.17) is 4.74 Å². The van der Waals surface area contributed by atoms with Crippen molar-refractivity contribution >= 4 is 11.8 Å². The average Bonchev–Trinajstić information content (AvgIpc) is 3.14. The van der Waals surface area contributed by atoms with Gasteiger partial charge >= 0.3 is 0 Å². The quantitative estimate of drug-likeness (QED) is 0.785. The molecule has 0 saturated carbocycles. The Balaban J connectivity index is 1.90. The molecule has 1 aromatic carbocycles. The number of carbonyl (C=O) groups is 2. The van der Waals surface area contributed by atoms with Gasteiger partial charge in [0.1, 0.15) is 6.61 Å². The van der Waals surface area contributed by atoms with Crippen LogP contribution in [-0.2, 0) is 20.9 Å². The van der Waals surface area contributed by atoms with Gasteiger partial charge in [-0.1, -0.05) is 24.3 Å². The molecule has 1 atom stereocenters. The number of likely N-dealkylation sites (N-methyl/N-ethyl adjacent to an activating group) is 1. The third kappa shape index (κ3) is 3.90. The zero-order valence-electron chi connectivity index (χ0n) is 16.2. The lowest BCUT2D eigenvalue weighted by atomic mass is 9.95. The lowest BCUT2D eigenvalue weighted by Crippen LogP contribution is -2.48. The highest BCUT2D eigenvalue weighted by atomic mass is 16.5. The molecule has 0 fully saturated rings. The highest BCUT2D eigenvalue weighted by Gasteiger charge is 2.33. The van der Waals surface area contributed by atoms with Crippen molar-refractivity contribution in [1.82, 2.24) is 14.4 Å². The number of aryl methyl sites for hydroxylation is 1. The smallest absolute Gasteiger partial charge is 0.249 e.